The highest BCUT2D eigenvalue weighted by atomic mass is 35.5. The summed E-state index contributed by atoms with van der Waals surface area (Å²) in [4.78, 5) is 11.7. The van der Waals surface area contributed by atoms with Crippen LogP contribution in [0.15, 0.2) is 48.5 Å². The molecule has 0 fully saturated rings. The molecule has 0 aliphatic heterocycles. The number of benzene rings is 2. The lowest BCUT2D eigenvalue weighted by Crippen LogP contribution is -2.25. The molecule has 2 aromatic carbocycles. The molecule has 0 unspecified atom stereocenters. The molecule has 0 aromatic heterocycles. The molecule has 0 aliphatic rings. The number of aryl methyl sites for hydroxylation is 2. The predicted molar refractivity (Wildman–Crippen MR) is 87.5 cm³/mol. The van der Waals surface area contributed by atoms with Crippen LogP contribution in [-0.4, -0.2) is 12.5 Å². The van der Waals surface area contributed by atoms with E-state index in [1.54, 1.807) is 18.2 Å². The summed E-state index contributed by atoms with van der Waals surface area (Å²) in [5, 5.41) is 3.59. The van der Waals surface area contributed by atoms with Crippen LogP contribution in [0, 0.1) is 5.82 Å². The van der Waals surface area contributed by atoms with Gasteiger partial charge in [-0.05, 0) is 48.6 Å². The van der Waals surface area contributed by atoms with Gasteiger partial charge in [-0.2, -0.15) is 0 Å². The average molecular weight is 320 g/mol. The summed E-state index contributed by atoms with van der Waals surface area (Å²) in [5.74, 6) is -0.294. The van der Waals surface area contributed by atoms with E-state index >= 15 is 0 Å². The average Bonchev–Trinajstić information content (AvgIpc) is 2.52. The van der Waals surface area contributed by atoms with E-state index in [4.69, 9.17) is 11.6 Å². The van der Waals surface area contributed by atoms with Crippen molar-refractivity contribution in [3.8, 4) is 0 Å². The third-order valence-electron chi connectivity index (χ3n) is 3.46. The standard InChI is InChI=1S/C18H19ClFNO/c19-16-10-7-14(8-11-16)4-3-13-21-18(22)12-9-15-5-1-2-6-17(15)20/h1-2,5-8,10-11H,3-4,9,12-13H2,(H,21,22). The first-order valence-corrected chi connectivity index (χ1v) is 7.77. The highest BCUT2D eigenvalue weighted by Crippen LogP contribution is 2.11. The summed E-state index contributed by atoms with van der Waals surface area (Å²) in [6.45, 7) is 0.624. The zero-order chi connectivity index (χ0) is 15.8. The Kier molecular flexibility index (Phi) is 6.41. The van der Waals surface area contributed by atoms with Crippen molar-refractivity contribution in [1.82, 2.24) is 5.32 Å². The van der Waals surface area contributed by atoms with E-state index in [0.29, 0.717) is 24.9 Å². The normalized spacial score (nSPS) is 10.5. The van der Waals surface area contributed by atoms with Crippen molar-refractivity contribution in [3.05, 3.63) is 70.5 Å². The van der Waals surface area contributed by atoms with Gasteiger partial charge in [0, 0.05) is 18.0 Å². The highest BCUT2D eigenvalue weighted by Gasteiger charge is 2.05. The molecule has 0 aliphatic carbocycles. The number of rotatable bonds is 7. The van der Waals surface area contributed by atoms with Crippen LogP contribution in [-0.2, 0) is 17.6 Å². The quantitative estimate of drug-likeness (QED) is 0.763. The maximum absolute atomic E-state index is 13.4. The Balaban J connectivity index is 1.64. The van der Waals surface area contributed by atoms with Crippen molar-refractivity contribution in [2.24, 2.45) is 0 Å². The first kappa shape index (κ1) is 16.5. The van der Waals surface area contributed by atoms with E-state index in [-0.39, 0.29) is 11.7 Å². The third kappa shape index (κ3) is 5.49. The van der Waals surface area contributed by atoms with Gasteiger partial charge in [-0.15, -0.1) is 0 Å². The van der Waals surface area contributed by atoms with Gasteiger partial charge < -0.3 is 5.32 Å². The Labute approximate surface area is 135 Å². The van der Waals surface area contributed by atoms with Gasteiger partial charge in [0.05, 0.1) is 0 Å². The Morgan fingerprint density at radius 3 is 2.50 bits per heavy atom. The molecule has 4 heteroatoms. The van der Waals surface area contributed by atoms with Crippen molar-refractivity contribution in [1.29, 1.82) is 0 Å². The lowest BCUT2D eigenvalue weighted by atomic mass is 10.1. The molecule has 1 N–H and O–H groups in total. The monoisotopic (exact) mass is 319 g/mol. The van der Waals surface area contributed by atoms with E-state index in [1.807, 2.05) is 24.3 Å². The topological polar surface area (TPSA) is 29.1 Å². The molecule has 2 nitrogen and oxygen atoms in total. The molecular weight excluding hydrogens is 301 g/mol. The number of amides is 1. The minimum absolute atomic E-state index is 0.0423. The van der Waals surface area contributed by atoms with Crippen molar-refractivity contribution in [3.63, 3.8) is 0 Å². The van der Waals surface area contributed by atoms with Gasteiger partial charge in [0.2, 0.25) is 5.91 Å². The Bertz CT molecular complexity index is 613. The van der Waals surface area contributed by atoms with Crippen LogP contribution in [0.2, 0.25) is 5.02 Å². The van der Waals surface area contributed by atoms with Gasteiger partial charge in [-0.3, -0.25) is 4.79 Å². The highest BCUT2D eigenvalue weighted by molar-refractivity contribution is 6.30. The minimum atomic E-state index is -0.252. The molecule has 2 rings (SSSR count). The Morgan fingerprint density at radius 2 is 1.77 bits per heavy atom. The van der Waals surface area contributed by atoms with E-state index < -0.39 is 0 Å². The zero-order valence-electron chi connectivity index (χ0n) is 12.3. The Morgan fingerprint density at radius 1 is 1.05 bits per heavy atom. The molecule has 0 saturated carbocycles. The van der Waals surface area contributed by atoms with Crippen LogP contribution in [0.25, 0.3) is 0 Å². The maximum atomic E-state index is 13.4. The number of hydrogen-bond acceptors (Lipinski definition) is 1. The first-order valence-electron chi connectivity index (χ1n) is 7.40. The van der Waals surface area contributed by atoms with Crippen LogP contribution < -0.4 is 5.32 Å². The van der Waals surface area contributed by atoms with Crippen molar-refractivity contribution in [2.75, 3.05) is 6.54 Å². The van der Waals surface area contributed by atoms with Gasteiger partial charge in [-0.25, -0.2) is 4.39 Å². The summed E-state index contributed by atoms with van der Waals surface area (Å²) in [6.07, 6.45) is 2.50. The Hall–Kier alpha value is -1.87. The summed E-state index contributed by atoms with van der Waals surface area (Å²) >= 11 is 5.83. The second-order valence-corrected chi connectivity index (χ2v) is 5.61. The van der Waals surface area contributed by atoms with E-state index in [0.717, 1.165) is 17.9 Å². The lowest BCUT2D eigenvalue weighted by Gasteiger charge is -2.06. The van der Waals surface area contributed by atoms with E-state index in [2.05, 4.69) is 5.32 Å². The van der Waals surface area contributed by atoms with Crippen molar-refractivity contribution in [2.45, 2.75) is 25.7 Å². The van der Waals surface area contributed by atoms with Gasteiger partial charge in [0.15, 0.2) is 0 Å². The van der Waals surface area contributed by atoms with Gasteiger partial charge >= 0.3 is 0 Å². The van der Waals surface area contributed by atoms with Crippen molar-refractivity contribution < 1.29 is 9.18 Å². The van der Waals surface area contributed by atoms with E-state index in [9.17, 15) is 9.18 Å². The summed E-state index contributed by atoms with van der Waals surface area (Å²) < 4.78 is 13.4. The number of hydrogen-bond donors (Lipinski definition) is 1. The molecular formula is C18H19ClFNO. The van der Waals surface area contributed by atoms with E-state index in [1.165, 1.54) is 11.6 Å². The minimum Gasteiger partial charge on any atom is -0.356 e. The molecule has 0 saturated heterocycles. The second-order valence-electron chi connectivity index (χ2n) is 5.17. The molecule has 0 spiro atoms. The van der Waals surface area contributed by atoms with Crippen LogP contribution in [0.1, 0.15) is 24.0 Å². The SMILES string of the molecule is O=C(CCc1ccccc1F)NCCCc1ccc(Cl)cc1. The van der Waals surface area contributed by atoms with Crippen LogP contribution in [0.5, 0.6) is 0 Å². The number of carbonyl (C=O) groups is 1. The second kappa shape index (κ2) is 8.54. The molecule has 116 valence electrons. The number of carbonyl (C=O) groups excluding carboxylic acids is 1. The van der Waals surface area contributed by atoms with Crippen molar-refractivity contribution >= 4 is 17.5 Å². The third-order valence-corrected chi connectivity index (χ3v) is 3.71. The maximum Gasteiger partial charge on any atom is 0.220 e. The van der Waals surface area contributed by atoms with Crippen LogP contribution >= 0.6 is 11.6 Å². The largest absolute Gasteiger partial charge is 0.356 e. The molecule has 0 heterocycles. The number of nitrogens with one attached hydrogen (secondary N) is 1. The number of halogens is 2. The fourth-order valence-electron chi connectivity index (χ4n) is 2.21. The van der Waals surface area contributed by atoms with Gasteiger partial charge in [-0.1, -0.05) is 41.9 Å². The lowest BCUT2D eigenvalue weighted by molar-refractivity contribution is -0.121. The first-order chi connectivity index (χ1) is 10.6. The molecule has 1 amide bonds. The zero-order valence-corrected chi connectivity index (χ0v) is 13.1. The summed E-state index contributed by atoms with van der Waals surface area (Å²) in [6, 6.07) is 14.3. The molecule has 0 atom stereocenters. The fraction of sp³-hybridized carbons (Fsp3) is 0.278. The van der Waals surface area contributed by atoms with Crippen LogP contribution in [0.4, 0.5) is 4.39 Å². The molecule has 22 heavy (non-hydrogen) atoms. The molecule has 0 bridgehead atoms. The molecule has 0 radical (unpaired) electrons. The predicted octanol–water partition coefficient (Wildman–Crippen LogP) is 4.16. The fourth-order valence-corrected chi connectivity index (χ4v) is 2.34. The molecule has 2 aromatic rings. The van der Waals surface area contributed by atoms with Crippen LogP contribution in [0.3, 0.4) is 0 Å². The van der Waals surface area contributed by atoms with Gasteiger partial charge in [0.1, 0.15) is 5.82 Å². The summed E-state index contributed by atoms with van der Waals surface area (Å²) in [7, 11) is 0. The summed E-state index contributed by atoms with van der Waals surface area (Å²) in [5.41, 5.74) is 1.78. The smallest absolute Gasteiger partial charge is 0.220 e. The van der Waals surface area contributed by atoms with Gasteiger partial charge in [0.25, 0.3) is 0 Å².